The third kappa shape index (κ3) is 3.18. The van der Waals surface area contributed by atoms with Gasteiger partial charge in [-0.1, -0.05) is 28.1 Å². The third-order valence-electron chi connectivity index (χ3n) is 3.71. The molecule has 1 aliphatic carbocycles. The zero-order valence-corrected chi connectivity index (χ0v) is 13.8. The first-order valence-electron chi connectivity index (χ1n) is 7.10. The largest absolute Gasteiger partial charge is 0.330 e. The Morgan fingerprint density at radius 3 is 2.76 bits per heavy atom. The zero-order valence-electron chi connectivity index (χ0n) is 12.2. The maximum absolute atomic E-state index is 12.8. The van der Waals surface area contributed by atoms with Crippen LogP contribution in [-0.4, -0.2) is 26.6 Å². The van der Waals surface area contributed by atoms with Gasteiger partial charge in [0.2, 0.25) is 0 Å². The first-order valence-corrected chi connectivity index (χ1v) is 7.90. The van der Waals surface area contributed by atoms with Crippen LogP contribution in [0.25, 0.3) is 0 Å². The fourth-order valence-corrected chi connectivity index (χ4v) is 2.99. The van der Waals surface area contributed by atoms with Gasteiger partial charge in [0.15, 0.2) is 0 Å². The fraction of sp³-hybridized carbons (Fsp3) is 0.375. The quantitative estimate of drug-likeness (QED) is 0.850. The van der Waals surface area contributed by atoms with Crippen LogP contribution in [0, 0.1) is 6.92 Å². The van der Waals surface area contributed by atoms with Gasteiger partial charge in [-0.05, 0) is 43.5 Å². The highest BCUT2D eigenvalue weighted by molar-refractivity contribution is 9.10. The van der Waals surface area contributed by atoms with Crippen LogP contribution < -0.4 is 0 Å². The molecule has 1 aromatic heterocycles. The van der Waals surface area contributed by atoms with Gasteiger partial charge in [0.25, 0.3) is 5.91 Å². The Morgan fingerprint density at radius 1 is 1.43 bits per heavy atom. The number of rotatable bonds is 4. The smallest absolute Gasteiger partial charge is 0.272 e. The van der Waals surface area contributed by atoms with Gasteiger partial charge in [-0.15, -0.1) is 0 Å². The van der Waals surface area contributed by atoms with Gasteiger partial charge < -0.3 is 4.90 Å². The molecule has 0 aliphatic heterocycles. The molecular formula is C16H18BrN3O. The third-order valence-corrected chi connectivity index (χ3v) is 4.20. The van der Waals surface area contributed by atoms with E-state index in [-0.39, 0.29) is 5.91 Å². The first kappa shape index (κ1) is 14.3. The van der Waals surface area contributed by atoms with E-state index in [1.54, 1.807) is 4.68 Å². The summed E-state index contributed by atoms with van der Waals surface area (Å²) in [6.45, 7) is 2.56. The van der Waals surface area contributed by atoms with Crippen LogP contribution in [-0.2, 0) is 13.6 Å². The molecular weight excluding hydrogens is 330 g/mol. The minimum atomic E-state index is 0.0700. The average molecular weight is 348 g/mol. The van der Waals surface area contributed by atoms with E-state index in [1.807, 2.05) is 37.1 Å². The molecule has 1 aliphatic rings. The van der Waals surface area contributed by atoms with Crippen molar-refractivity contribution in [2.24, 2.45) is 7.05 Å². The molecule has 1 saturated carbocycles. The highest BCUT2D eigenvalue weighted by Crippen LogP contribution is 2.30. The van der Waals surface area contributed by atoms with E-state index in [0.717, 1.165) is 28.6 Å². The van der Waals surface area contributed by atoms with Crippen LogP contribution >= 0.6 is 15.9 Å². The molecule has 4 nitrogen and oxygen atoms in total. The van der Waals surface area contributed by atoms with Crippen molar-refractivity contribution >= 4 is 21.8 Å². The number of halogens is 1. The van der Waals surface area contributed by atoms with Crippen molar-refractivity contribution < 1.29 is 4.79 Å². The van der Waals surface area contributed by atoms with Crippen LogP contribution in [0.5, 0.6) is 0 Å². The van der Waals surface area contributed by atoms with E-state index in [0.29, 0.717) is 18.3 Å². The zero-order chi connectivity index (χ0) is 15.0. The lowest BCUT2D eigenvalue weighted by atomic mass is 10.2. The van der Waals surface area contributed by atoms with Gasteiger partial charge in [-0.25, -0.2) is 0 Å². The van der Waals surface area contributed by atoms with Gasteiger partial charge in [0.05, 0.1) is 5.69 Å². The Balaban J connectivity index is 1.85. The van der Waals surface area contributed by atoms with Crippen LogP contribution in [0.2, 0.25) is 0 Å². The molecule has 21 heavy (non-hydrogen) atoms. The van der Waals surface area contributed by atoms with Crippen molar-refractivity contribution in [1.82, 2.24) is 14.7 Å². The highest BCUT2D eigenvalue weighted by atomic mass is 79.9. The second kappa shape index (κ2) is 5.64. The number of aromatic nitrogens is 2. The average Bonchev–Trinajstić information content (AvgIpc) is 3.21. The number of carbonyl (C=O) groups excluding carboxylic acids is 1. The number of hydrogen-bond donors (Lipinski definition) is 0. The van der Waals surface area contributed by atoms with Crippen molar-refractivity contribution in [2.75, 3.05) is 0 Å². The van der Waals surface area contributed by atoms with E-state index in [4.69, 9.17) is 0 Å². The Morgan fingerprint density at radius 2 is 2.19 bits per heavy atom. The fourth-order valence-electron chi connectivity index (χ4n) is 2.54. The molecule has 1 amide bonds. The van der Waals surface area contributed by atoms with Crippen molar-refractivity contribution in [1.29, 1.82) is 0 Å². The first-order chi connectivity index (χ1) is 10.0. The lowest BCUT2D eigenvalue weighted by molar-refractivity contribution is 0.0718. The highest BCUT2D eigenvalue weighted by Gasteiger charge is 2.34. The monoisotopic (exact) mass is 347 g/mol. The van der Waals surface area contributed by atoms with Crippen molar-refractivity contribution in [3.05, 3.63) is 51.8 Å². The summed E-state index contributed by atoms with van der Waals surface area (Å²) in [5.74, 6) is 0.0700. The van der Waals surface area contributed by atoms with Gasteiger partial charge in [0, 0.05) is 24.1 Å². The molecule has 3 rings (SSSR count). The molecule has 0 bridgehead atoms. The summed E-state index contributed by atoms with van der Waals surface area (Å²) >= 11 is 3.48. The molecule has 1 aromatic carbocycles. The Labute approximate surface area is 132 Å². The molecule has 0 atom stereocenters. The number of aryl methyl sites for hydroxylation is 2. The maximum atomic E-state index is 12.8. The lowest BCUT2D eigenvalue weighted by Gasteiger charge is -2.22. The van der Waals surface area contributed by atoms with E-state index in [9.17, 15) is 4.79 Å². The molecule has 5 heteroatoms. The lowest BCUT2D eigenvalue weighted by Crippen LogP contribution is -2.33. The number of hydrogen-bond acceptors (Lipinski definition) is 2. The van der Waals surface area contributed by atoms with Crippen LogP contribution in [0.15, 0.2) is 34.8 Å². The molecule has 0 spiro atoms. The summed E-state index contributed by atoms with van der Waals surface area (Å²) in [4.78, 5) is 14.8. The molecule has 1 fully saturated rings. The SMILES string of the molecule is Cc1cc(C(=O)N(Cc2cccc(Br)c2)C2CC2)n(C)n1. The summed E-state index contributed by atoms with van der Waals surface area (Å²) in [6, 6.07) is 10.4. The topological polar surface area (TPSA) is 38.1 Å². The second-order valence-corrected chi connectivity index (χ2v) is 6.50. The van der Waals surface area contributed by atoms with E-state index in [1.165, 1.54) is 0 Å². The van der Waals surface area contributed by atoms with Crippen LogP contribution in [0.4, 0.5) is 0 Å². The maximum Gasteiger partial charge on any atom is 0.272 e. The Hall–Kier alpha value is -1.62. The number of carbonyl (C=O) groups is 1. The molecule has 0 unspecified atom stereocenters. The van der Waals surface area contributed by atoms with Crippen LogP contribution in [0.1, 0.15) is 34.6 Å². The summed E-state index contributed by atoms with van der Waals surface area (Å²) < 4.78 is 2.72. The summed E-state index contributed by atoms with van der Waals surface area (Å²) in [6.07, 6.45) is 2.19. The predicted molar refractivity (Wildman–Crippen MR) is 85.0 cm³/mol. The van der Waals surface area contributed by atoms with Gasteiger partial charge >= 0.3 is 0 Å². The molecule has 110 valence electrons. The van der Waals surface area contributed by atoms with Crippen molar-refractivity contribution in [2.45, 2.75) is 32.4 Å². The van der Waals surface area contributed by atoms with Crippen molar-refractivity contribution in [3.63, 3.8) is 0 Å². The van der Waals surface area contributed by atoms with Gasteiger partial charge in [0.1, 0.15) is 5.69 Å². The minimum Gasteiger partial charge on any atom is -0.330 e. The van der Waals surface area contributed by atoms with Crippen LogP contribution in [0.3, 0.4) is 0 Å². The van der Waals surface area contributed by atoms with E-state index >= 15 is 0 Å². The Kier molecular flexibility index (Phi) is 3.85. The number of amides is 1. The molecule has 1 heterocycles. The summed E-state index contributed by atoms with van der Waals surface area (Å²) in [5, 5.41) is 4.28. The van der Waals surface area contributed by atoms with Gasteiger partial charge in [-0.2, -0.15) is 5.10 Å². The number of benzene rings is 1. The summed E-state index contributed by atoms with van der Waals surface area (Å²) in [7, 11) is 1.82. The standard InChI is InChI=1S/C16H18BrN3O/c1-11-8-15(19(2)18-11)16(21)20(14-6-7-14)10-12-4-3-5-13(17)9-12/h3-5,8-9,14H,6-7,10H2,1-2H3. The van der Waals surface area contributed by atoms with Gasteiger partial charge in [-0.3, -0.25) is 9.48 Å². The van der Waals surface area contributed by atoms with E-state index in [2.05, 4.69) is 33.2 Å². The normalized spacial score (nSPS) is 14.2. The molecule has 0 N–H and O–H groups in total. The summed E-state index contributed by atoms with van der Waals surface area (Å²) in [5.41, 5.74) is 2.68. The molecule has 2 aromatic rings. The number of nitrogens with zero attached hydrogens (tertiary/aromatic N) is 3. The second-order valence-electron chi connectivity index (χ2n) is 5.59. The Bertz CT molecular complexity index is 676. The predicted octanol–water partition coefficient (Wildman–Crippen LogP) is 3.30. The molecule has 0 radical (unpaired) electrons. The van der Waals surface area contributed by atoms with E-state index < -0.39 is 0 Å². The minimum absolute atomic E-state index is 0.0700. The van der Waals surface area contributed by atoms with Crippen molar-refractivity contribution in [3.8, 4) is 0 Å². The molecule has 0 saturated heterocycles.